The average Bonchev–Trinajstić information content (AvgIpc) is 2.81. The van der Waals surface area contributed by atoms with Gasteiger partial charge in [-0.3, -0.25) is 0 Å². The third kappa shape index (κ3) is 3.64. The van der Waals surface area contributed by atoms with Gasteiger partial charge in [0.1, 0.15) is 11.3 Å². The molecule has 0 spiro atoms. The van der Waals surface area contributed by atoms with Crippen LogP contribution in [0.15, 0.2) is 28.7 Å². The molecule has 0 aliphatic carbocycles. The molecule has 1 N–H and O–H groups in total. The lowest BCUT2D eigenvalue weighted by molar-refractivity contribution is 0.516. The zero-order valence-corrected chi connectivity index (χ0v) is 13.5. The number of para-hydroxylation sites is 1. The minimum Gasteiger partial charge on any atom is -0.461 e. The molecule has 0 bridgehead atoms. The summed E-state index contributed by atoms with van der Waals surface area (Å²) in [6.07, 6.45) is 0.821. The second-order valence-electron chi connectivity index (χ2n) is 5.13. The van der Waals surface area contributed by atoms with Crippen molar-refractivity contribution in [2.24, 2.45) is 0 Å². The minimum atomic E-state index is -3.15. The Kier molecular flexibility index (Phi) is 5.03. The number of benzene rings is 1. The Morgan fingerprint density at radius 2 is 1.95 bits per heavy atom. The fraction of sp³-hybridized carbons (Fsp3) is 0.467. The van der Waals surface area contributed by atoms with E-state index in [0.717, 1.165) is 28.7 Å². The zero-order chi connectivity index (χ0) is 15.5. The topological polar surface area (TPSA) is 62.6 Å². The average molecular weight is 310 g/mol. The van der Waals surface area contributed by atoms with Crippen LogP contribution < -0.4 is 5.32 Å². The number of hydrogen-bond acceptors (Lipinski definition) is 4. The van der Waals surface area contributed by atoms with Gasteiger partial charge in [-0.15, -0.1) is 0 Å². The Morgan fingerprint density at radius 3 is 2.62 bits per heavy atom. The van der Waals surface area contributed by atoms with Crippen molar-refractivity contribution in [2.75, 3.05) is 26.4 Å². The Balaban J connectivity index is 2.04. The Labute approximate surface area is 126 Å². The number of nitrogens with one attached hydrogen (secondary N) is 1. The van der Waals surface area contributed by atoms with Crippen molar-refractivity contribution in [3.8, 4) is 0 Å². The monoisotopic (exact) mass is 310 g/mol. The van der Waals surface area contributed by atoms with Gasteiger partial charge in [0, 0.05) is 44.6 Å². The van der Waals surface area contributed by atoms with E-state index in [1.807, 2.05) is 24.3 Å². The van der Waals surface area contributed by atoms with Gasteiger partial charge >= 0.3 is 0 Å². The smallest absolute Gasteiger partial charge is 0.214 e. The van der Waals surface area contributed by atoms with Gasteiger partial charge in [0.2, 0.25) is 10.0 Å². The van der Waals surface area contributed by atoms with Crippen LogP contribution in [-0.4, -0.2) is 39.1 Å². The number of rotatable bonds is 7. The quantitative estimate of drug-likeness (QED) is 0.794. The Morgan fingerprint density at radius 1 is 1.24 bits per heavy atom. The minimum absolute atomic E-state index is 0.0945. The summed E-state index contributed by atoms with van der Waals surface area (Å²) in [7, 11) is -0.0506. The van der Waals surface area contributed by atoms with Crippen molar-refractivity contribution in [1.29, 1.82) is 0 Å². The summed E-state index contributed by atoms with van der Waals surface area (Å²) in [5, 5.41) is 4.29. The number of nitrogens with zero attached hydrogens (tertiary/aromatic N) is 1. The van der Waals surface area contributed by atoms with E-state index in [-0.39, 0.29) is 5.75 Å². The normalized spacial score (nSPS) is 12.4. The number of hydrogen-bond donors (Lipinski definition) is 1. The van der Waals surface area contributed by atoms with Crippen LogP contribution in [0.4, 0.5) is 0 Å². The SMILES string of the molecule is CCc1oc2ccccc2c1CNCCS(=O)(=O)N(C)C. The lowest BCUT2D eigenvalue weighted by Gasteiger charge is -2.11. The summed E-state index contributed by atoms with van der Waals surface area (Å²) < 4.78 is 30.5. The third-order valence-electron chi connectivity index (χ3n) is 3.50. The van der Waals surface area contributed by atoms with E-state index < -0.39 is 10.0 Å². The highest BCUT2D eigenvalue weighted by Crippen LogP contribution is 2.26. The first-order valence-electron chi connectivity index (χ1n) is 7.06. The standard InChI is InChI=1S/C15H22N2O3S/c1-4-14-13(12-7-5-6-8-15(12)20-14)11-16-9-10-21(18,19)17(2)3/h5-8,16H,4,9-11H2,1-3H3. The van der Waals surface area contributed by atoms with Gasteiger partial charge in [0.15, 0.2) is 0 Å². The highest BCUT2D eigenvalue weighted by Gasteiger charge is 2.14. The first-order valence-corrected chi connectivity index (χ1v) is 8.67. The Bertz CT molecular complexity index is 705. The molecule has 0 unspecified atom stereocenters. The lowest BCUT2D eigenvalue weighted by atomic mass is 10.1. The first kappa shape index (κ1) is 16.0. The van der Waals surface area contributed by atoms with Gasteiger partial charge in [0.05, 0.1) is 5.75 Å². The number of fused-ring (bicyclic) bond motifs is 1. The fourth-order valence-corrected chi connectivity index (χ4v) is 2.99. The molecule has 1 heterocycles. The summed E-state index contributed by atoms with van der Waals surface area (Å²) in [5.74, 6) is 1.05. The van der Waals surface area contributed by atoms with E-state index in [1.165, 1.54) is 4.31 Å². The zero-order valence-electron chi connectivity index (χ0n) is 12.7. The van der Waals surface area contributed by atoms with Gasteiger partial charge in [-0.05, 0) is 6.07 Å². The summed E-state index contributed by atoms with van der Waals surface area (Å²) in [5.41, 5.74) is 2.00. The van der Waals surface area contributed by atoms with E-state index in [0.29, 0.717) is 13.1 Å². The largest absolute Gasteiger partial charge is 0.461 e. The van der Waals surface area contributed by atoms with Gasteiger partial charge in [-0.2, -0.15) is 0 Å². The molecule has 1 aromatic heterocycles. The second kappa shape index (κ2) is 6.60. The molecule has 2 rings (SSSR count). The molecule has 0 aliphatic heterocycles. The fourth-order valence-electron chi connectivity index (χ4n) is 2.23. The molecule has 0 aliphatic rings. The van der Waals surface area contributed by atoms with Gasteiger partial charge in [-0.1, -0.05) is 25.1 Å². The van der Waals surface area contributed by atoms with Crippen LogP contribution in [-0.2, 0) is 23.0 Å². The molecule has 0 fully saturated rings. The molecule has 0 saturated carbocycles. The van der Waals surface area contributed by atoms with Crippen molar-refractivity contribution in [2.45, 2.75) is 19.9 Å². The third-order valence-corrected chi connectivity index (χ3v) is 5.33. The molecule has 0 radical (unpaired) electrons. The molecule has 0 saturated heterocycles. The van der Waals surface area contributed by atoms with E-state index in [4.69, 9.17) is 4.42 Å². The summed E-state index contributed by atoms with van der Waals surface area (Å²) in [6.45, 7) is 3.09. The first-order chi connectivity index (χ1) is 9.95. The highest BCUT2D eigenvalue weighted by atomic mass is 32.2. The molecular formula is C15H22N2O3S. The number of furan rings is 1. The molecule has 1 aromatic carbocycles. The summed E-state index contributed by atoms with van der Waals surface area (Å²) >= 11 is 0. The van der Waals surface area contributed by atoms with Gasteiger partial charge in [-0.25, -0.2) is 12.7 Å². The molecule has 21 heavy (non-hydrogen) atoms. The van der Waals surface area contributed by atoms with Crippen molar-refractivity contribution in [3.05, 3.63) is 35.6 Å². The molecular weight excluding hydrogens is 288 g/mol. The van der Waals surface area contributed by atoms with Crippen molar-refractivity contribution >= 4 is 21.0 Å². The van der Waals surface area contributed by atoms with Crippen molar-refractivity contribution in [3.63, 3.8) is 0 Å². The van der Waals surface area contributed by atoms with E-state index in [9.17, 15) is 8.42 Å². The van der Waals surface area contributed by atoms with Crippen molar-refractivity contribution < 1.29 is 12.8 Å². The maximum absolute atomic E-state index is 11.7. The predicted octanol–water partition coefficient (Wildman–Crippen LogP) is 1.98. The van der Waals surface area contributed by atoms with Crippen LogP contribution in [0.3, 0.4) is 0 Å². The van der Waals surface area contributed by atoms with Crippen LogP contribution in [0.25, 0.3) is 11.0 Å². The maximum Gasteiger partial charge on any atom is 0.214 e. The molecule has 116 valence electrons. The number of sulfonamides is 1. The lowest BCUT2D eigenvalue weighted by Crippen LogP contribution is -2.31. The van der Waals surface area contributed by atoms with E-state index in [1.54, 1.807) is 14.1 Å². The molecule has 0 amide bonds. The summed E-state index contributed by atoms with van der Waals surface area (Å²) in [4.78, 5) is 0. The van der Waals surface area contributed by atoms with Crippen LogP contribution in [0.5, 0.6) is 0 Å². The van der Waals surface area contributed by atoms with Crippen molar-refractivity contribution in [1.82, 2.24) is 9.62 Å². The van der Waals surface area contributed by atoms with Gasteiger partial charge in [0.25, 0.3) is 0 Å². The molecule has 6 heteroatoms. The molecule has 5 nitrogen and oxygen atoms in total. The van der Waals surface area contributed by atoms with Crippen LogP contribution >= 0.6 is 0 Å². The molecule has 0 atom stereocenters. The van der Waals surface area contributed by atoms with E-state index in [2.05, 4.69) is 12.2 Å². The second-order valence-corrected chi connectivity index (χ2v) is 7.43. The number of aryl methyl sites for hydroxylation is 1. The van der Waals surface area contributed by atoms with Crippen LogP contribution in [0.1, 0.15) is 18.2 Å². The van der Waals surface area contributed by atoms with Gasteiger partial charge < -0.3 is 9.73 Å². The summed E-state index contributed by atoms with van der Waals surface area (Å²) in [6, 6.07) is 7.92. The Hall–Kier alpha value is -1.37. The van der Waals surface area contributed by atoms with E-state index >= 15 is 0 Å². The van der Waals surface area contributed by atoms with Crippen LogP contribution in [0, 0.1) is 0 Å². The predicted molar refractivity (Wildman–Crippen MR) is 84.8 cm³/mol. The molecule has 2 aromatic rings. The highest BCUT2D eigenvalue weighted by molar-refractivity contribution is 7.89. The maximum atomic E-state index is 11.7. The van der Waals surface area contributed by atoms with Crippen LogP contribution in [0.2, 0.25) is 0 Å².